The predicted octanol–water partition coefficient (Wildman–Crippen LogP) is 7.05. The third kappa shape index (κ3) is 4.06. The third-order valence-electron chi connectivity index (χ3n) is 11.6. The van der Waals surface area contributed by atoms with Gasteiger partial charge in [0.05, 0.1) is 10.6 Å². The molecule has 7 heteroatoms. The lowest BCUT2D eigenvalue weighted by Crippen LogP contribution is -2.59. The molecule has 0 saturated heterocycles. The molecule has 0 aromatic heterocycles. The predicted molar refractivity (Wildman–Crippen MR) is 134 cm³/mol. The molecule has 4 saturated carbocycles. The summed E-state index contributed by atoms with van der Waals surface area (Å²) in [5, 5.41) is 10.4. The van der Waals surface area contributed by atoms with E-state index in [0.717, 1.165) is 38.5 Å². The van der Waals surface area contributed by atoms with E-state index in [-0.39, 0.29) is 41.3 Å². The fraction of sp³-hybridized carbons (Fsp3) is 0.793. The number of alkyl halides is 3. The van der Waals surface area contributed by atoms with Gasteiger partial charge < -0.3 is 5.11 Å². The van der Waals surface area contributed by atoms with Crippen molar-refractivity contribution >= 4 is 9.84 Å². The minimum absolute atomic E-state index is 0.0603. The van der Waals surface area contributed by atoms with Gasteiger partial charge in [0.15, 0.2) is 15.4 Å². The Morgan fingerprint density at radius 3 is 2.28 bits per heavy atom. The van der Waals surface area contributed by atoms with Crippen LogP contribution in [0.15, 0.2) is 35.2 Å². The molecule has 0 aliphatic heterocycles. The number of hydrogen-bond acceptors (Lipinski definition) is 3. The highest BCUT2D eigenvalue weighted by atomic mass is 32.2. The highest BCUT2D eigenvalue weighted by Gasteiger charge is 2.65. The average molecular weight is 527 g/mol. The van der Waals surface area contributed by atoms with E-state index in [2.05, 4.69) is 20.8 Å². The van der Waals surface area contributed by atoms with Crippen molar-refractivity contribution in [2.24, 2.45) is 46.3 Å². The molecule has 5 rings (SSSR count). The van der Waals surface area contributed by atoms with E-state index in [4.69, 9.17) is 0 Å². The van der Waals surface area contributed by atoms with Crippen molar-refractivity contribution in [3.63, 3.8) is 0 Å². The number of fused-ring (bicyclic) bond motifs is 5. The van der Waals surface area contributed by atoms with Crippen molar-refractivity contribution in [3.8, 4) is 0 Å². The lowest BCUT2D eigenvalue weighted by atomic mass is 9.43. The Kier molecular flexibility index (Phi) is 6.43. The third-order valence-corrected chi connectivity index (χ3v) is 13.6. The molecule has 3 nitrogen and oxygen atoms in total. The molecule has 4 aliphatic rings. The van der Waals surface area contributed by atoms with Crippen LogP contribution >= 0.6 is 0 Å². The minimum atomic E-state index is -4.56. The maximum absolute atomic E-state index is 13.6. The molecule has 0 bridgehead atoms. The highest BCUT2D eigenvalue weighted by molar-refractivity contribution is 7.91. The van der Waals surface area contributed by atoms with Gasteiger partial charge in [0.25, 0.3) is 0 Å². The van der Waals surface area contributed by atoms with Crippen molar-refractivity contribution in [1.29, 1.82) is 0 Å². The van der Waals surface area contributed by atoms with Gasteiger partial charge in [0.2, 0.25) is 0 Å². The number of sulfone groups is 1. The molecular formula is C29H41F3O3S. The van der Waals surface area contributed by atoms with Gasteiger partial charge in [0, 0.05) is 0 Å². The monoisotopic (exact) mass is 526 g/mol. The van der Waals surface area contributed by atoms with Crippen molar-refractivity contribution in [2.45, 2.75) is 95.2 Å². The Labute approximate surface area is 214 Å². The molecule has 1 aromatic carbocycles. The van der Waals surface area contributed by atoms with Crippen LogP contribution in [0.4, 0.5) is 13.2 Å². The molecule has 202 valence electrons. The zero-order valence-corrected chi connectivity index (χ0v) is 22.5. The quantitative estimate of drug-likeness (QED) is 0.457. The van der Waals surface area contributed by atoms with Crippen LogP contribution in [0.2, 0.25) is 0 Å². The van der Waals surface area contributed by atoms with Gasteiger partial charge in [-0.2, -0.15) is 13.2 Å². The summed E-state index contributed by atoms with van der Waals surface area (Å²) in [6.45, 7) is 6.67. The molecule has 4 aliphatic carbocycles. The maximum Gasteiger partial charge on any atom is 0.417 e. The molecule has 0 radical (unpaired) electrons. The zero-order valence-electron chi connectivity index (χ0n) is 21.7. The molecule has 0 spiro atoms. The van der Waals surface area contributed by atoms with Crippen LogP contribution in [-0.4, -0.2) is 31.1 Å². The smallest absolute Gasteiger partial charge is 0.380 e. The molecular weight excluding hydrogens is 485 g/mol. The van der Waals surface area contributed by atoms with Crippen LogP contribution in [0.5, 0.6) is 0 Å². The largest absolute Gasteiger partial charge is 0.417 e. The van der Waals surface area contributed by atoms with Gasteiger partial charge in [-0.1, -0.05) is 39.0 Å². The molecule has 0 heterocycles. The van der Waals surface area contributed by atoms with E-state index in [0.29, 0.717) is 35.0 Å². The Morgan fingerprint density at radius 1 is 0.944 bits per heavy atom. The number of benzene rings is 1. The Morgan fingerprint density at radius 2 is 1.61 bits per heavy atom. The fourth-order valence-electron chi connectivity index (χ4n) is 9.66. The first-order chi connectivity index (χ1) is 16.7. The van der Waals surface area contributed by atoms with Crippen molar-refractivity contribution in [1.82, 2.24) is 0 Å². The van der Waals surface area contributed by atoms with Gasteiger partial charge >= 0.3 is 6.18 Å². The minimum Gasteiger partial charge on any atom is -0.380 e. The van der Waals surface area contributed by atoms with E-state index in [9.17, 15) is 26.7 Å². The van der Waals surface area contributed by atoms with Crippen LogP contribution in [0.25, 0.3) is 0 Å². The molecule has 36 heavy (non-hydrogen) atoms. The Balaban J connectivity index is 1.33. The first-order valence-corrected chi connectivity index (χ1v) is 15.4. The average Bonchev–Trinajstić information content (AvgIpc) is 3.16. The summed E-state index contributed by atoms with van der Waals surface area (Å²) >= 11 is 0. The van der Waals surface area contributed by atoms with Crippen LogP contribution in [0.3, 0.4) is 0 Å². The van der Waals surface area contributed by atoms with Gasteiger partial charge in [-0.15, -0.1) is 0 Å². The zero-order chi connectivity index (χ0) is 26.1. The molecule has 1 aromatic rings. The van der Waals surface area contributed by atoms with E-state index in [1.807, 2.05) is 6.07 Å². The summed E-state index contributed by atoms with van der Waals surface area (Å²) in [7, 11) is -3.35. The fourth-order valence-corrected chi connectivity index (χ4v) is 11.4. The van der Waals surface area contributed by atoms with Gasteiger partial charge in [-0.05, 0) is 116 Å². The number of hydrogen-bond donors (Lipinski definition) is 1. The van der Waals surface area contributed by atoms with Gasteiger partial charge in [-0.3, -0.25) is 0 Å². The second-order valence-electron chi connectivity index (χ2n) is 13.2. The lowest BCUT2D eigenvalue weighted by Gasteiger charge is -2.62. The topological polar surface area (TPSA) is 54.4 Å². The molecule has 4 fully saturated rings. The van der Waals surface area contributed by atoms with E-state index >= 15 is 0 Å². The van der Waals surface area contributed by atoms with Crippen LogP contribution < -0.4 is 0 Å². The lowest BCUT2D eigenvalue weighted by molar-refractivity contribution is -0.290. The van der Waals surface area contributed by atoms with Crippen LogP contribution in [-0.2, 0) is 9.84 Å². The molecule has 9 atom stereocenters. The Bertz CT molecular complexity index is 1070. The number of rotatable bonds is 4. The van der Waals surface area contributed by atoms with E-state index in [1.165, 1.54) is 0 Å². The van der Waals surface area contributed by atoms with Gasteiger partial charge in [0.1, 0.15) is 0 Å². The number of aliphatic hydroxyl groups is 1. The van der Waals surface area contributed by atoms with Crippen molar-refractivity contribution < 1.29 is 26.7 Å². The molecule has 1 N–H and O–H groups in total. The van der Waals surface area contributed by atoms with Crippen LogP contribution in [0, 0.1) is 46.3 Å². The second-order valence-corrected chi connectivity index (χ2v) is 15.2. The SMILES string of the molecule is C[C@H](CS(=O)(=O)c1ccccc1)[C@H]1CC[C@H]2C3CC[C@H]4C[C@](O)(C(F)(F)F)CC[C@]4(C)[C@H]3CC[C@]12C. The normalized spacial score (nSPS) is 43.8. The first kappa shape index (κ1) is 26.5. The summed E-state index contributed by atoms with van der Waals surface area (Å²) in [6, 6.07) is 8.72. The van der Waals surface area contributed by atoms with Gasteiger partial charge in [-0.25, -0.2) is 8.42 Å². The first-order valence-electron chi connectivity index (χ1n) is 13.8. The second kappa shape index (κ2) is 8.72. The highest BCUT2D eigenvalue weighted by Crippen LogP contribution is 2.69. The maximum atomic E-state index is 13.6. The summed E-state index contributed by atoms with van der Waals surface area (Å²) in [5.41, 5.74) is -2.61. The van der Waals surface area contributed by atoms with Crippen molar-refractivity contribution in [3.05, 3.63) is 30.3 Å². The molecule has 0 amide bonds. The molecule has 1 unspecified atom stereocenters. The van der Waals surface area contributed by atoms with Crippen LogP contribution in [0.1, 0.15) is 78.6 Å². The van der Waals surface area contributed by atoms with E-state index in [1.54, 1.807) is 24.3 Å². The summed E-state index contributed by atoms with van der Waals surface area (Å²) in [4.78, 5) is 0.391. The Hall–Kier alpha value is -1.08. The van der Waals surface area contributed by atoms with E-state index < -0.39 is 21.6 Å². The number of halogens is 3. The standard InChI is InChI=1S/C29H41F3O3S/c1-19(18-36(34,35)21-7-5-4-6-8-21)23-11-12-24-22-10-9-20-17-28(33,29(30,31)32)16-15-26(20,2)25(22)13-14-27(23,24)3/h4-8,19-20,22-25,33H,9-18H2,1-3H3/t19-,20+,22?,23-,24+,25+,26+,27-,28+/m1/s1. The van der Waals surface area contributed by atoms with Crippen molar-refractivity contribution in [2.75, 3.05) is 5.75 Å². The summed E-state index contributed by atoms with van der Waals surface area (Å²) < 4.78 is 67.1. The summed E-state index contributed by atoms with van der Waals surface area (Å²) in [5.74, 6) is 1.87. The summed E-state index contributed by atoms with van der Waals surface area (Å²) in [6.07, 6.45) is 1.36.